The number of ether oxygens (including phenoxy) is 1. The van der Waals surface area contributed by atoms with Gasteiger partial charge in [-0.2, -0.15) is 5.48 Å². The molecule has 1 aliphatic rings. The Morgan fingerprint density at radius 1 is 1.00 bits per heavy atom. The van der Waals surface area contributed by atoms with Gasteiger partial charge in [-0.05, 0) is 64.3 Å². The standard InChI is InChI=1S/C33H47N5O7/c1-21(2)14-15-25(39)16-17-29(40)45-36-30(41)27(35-32(43)44-33(4,5)6)18-24-19-37(31(42)22(3)34)20-38(24)28-13-9-11-23-10-7-8-12-26(23)28/h7-13,19,21-22,25,27,39H,14-18,20,34H2,1-6H3,(H,35,43)(H,36,41)/t22-,25-,27-/m0/s1. The van der Waals surface area contributed by atoms with E-state index in [4.69, 9.17) is 15.3 Å². The first-order valence-corrected chi connectivity index (χ1v) is 15.3. The van der Waals surface area contributed by atoms with E-state index in [9.17, 15) is 24.3 Å². The molecule has 2 aromatic rings. The Kier molecular flexibility index (Phi) is 12.3. The van der Waals surface area contributed by atoms with Crippen molar-refractivity contribution in [1.29, 1.82) is 0 Å². The lowest BCUT2D eigenvalue weighted by Crippen LogP contribution is -2.49. The molecule has 0 fully saturated rings. The number of aliphatic hydroxyl groups excluding tert-OH is 1. The summed E-state index contributed by atoms with van der Waals surface area (Å²) in [7, 11) is 0. The first-order chi connectivity index (χ1) is 21.1. The van der Waals surface area contributed by atoms with Crippen LogP contribution in [-0.4, -0.2) is 64.3 Å². The van der Waals surface area contributed by atoms with Gasteiger partial charge in [-0.15, -0.1) is 0 Å². The maximum Gasteiger partial charge on any atom is 0.408 e. The molecule has 0 saturated heterocycles. The monoisotopic (exact) mass is 625 g/mol. The van der Waals surface area contributed by atoms with Crippen LogP contribution in [0, 0.1) is 5.92 Å². The van der Waals surface area contributed by atoms with E-state index in [1.54, 1.807) is 33.9 Å². The molecule has 45 heavy (non-hydrogen) atoms. The summed E-state index contributed by atoms with van der Waals surface area (Å²) in [4.78, 5) is 59.8. The van der Waals surface area contributed by atoms with Crippen LogP contribution in [0.2, 0.25) is 0 Å². The number of amides is 3. The molecule has 12 heteroatoms. The minimum absolute atomic E-state index is 0.0809. The van der Waals surface area contributed by atoms with Gasteiger partial charge in [0.2, 0.25) is 5.91 Å². The minimum Gasteiger partial charge on any atom is -0.444 e. The second-order valence-electron chi connectivity index (χ2n) is 12.8. The summed E-state index contributed by atoms with van der Waals surface area (Å²) in [5.41, 5.74) is 8.55. The van der Waals surface area contributed by atoms with Crippen molar-refractivity contribution in [2.24, 2.45) is 11.7 Å². The van der Waals surface area contributed by atoms with Crippen LogP contribution in [-0.2, 0) is 24.0 Å². The average molecular weight is 626 g/mol. The number of aliphatic hydroxyl groups is 1. The van der Waals surface area contributed by atoms with E-state index in [-0.39, 0.29) is 31.8 Å². The number of hydrogen-bond donors (Lipinski definition) is 4. The largest absolute Gasteiger partial charge is 0.444 e. The van der Waals surface area contributed by atoms with Gasteiger partial charge in [0.25, 0.3) is 5.91 Å². The fourth-order valence-corrected chi connectivity index (χ4v) is 4.82. The van der Waals surface area contributed by atoms with Crippen LogP contribution in [0.25, 0.3) is 10.8 Å². The first-order valence-electron chi connectivity index (χ1n) is 15.3. The van der Waals surface area contributed by atoms with E-state index in [1.165, 1.54) is 4.90 Å². The van der Waals surface area contributed by atoms with Crippen LogP contribution >= 0.6 is 0 Å². The number of fused-ring (bicyclic) bond motifs is 1. The van der Waals surface area contributed by atoms with Gasteiger partial charge in [-0.25, -0.2) is 9.59 Å². The first kappa shape index (κ1) is 35.3. The van der Waals surface area contributed by atoms with Gasteiger partial charge in [0.15, 0.2) is 0 Å². The number of carbonyl (C=O) groups is 4. The Balaban J connectivity index is 1.83. The quantitative estimate of drug-likeness (QED) is 0.255. The molecule has 5 N–H and O–H groups in total. The lowest BCUT2D eigenvalue weighted by atomic mass is 10.0. The molecule has 0 unspecified atom stereocenters. The number of benzene rings is 2. The molecule has 246 valence electrons. The number of nitrogens with two attached hydrogens (primary N) is 1. The van der Waals surface area contributed by atoms with Crippen LogP contribution in [0.5, 0.6) is 0 Å². The highest BCUT2D eigenvalue weighted by Crippen LogP contribution is 2.34. The van der Waals surface area contributed by atoms with E-state index in [0.717, 1.165) is 22.9 Å². The van der Waals surface area contributed by atoms with Crippen molar-refractivity contribution in [2.75, 3.05) is 11.6 Å². The van der Waals surface area contributed by atoms with E-state index in [0.29, 0.717) is 18.0 Å². The maximum absolute atomic E-state index is 13.4. The van der Waals surface area contributed by atoms with Gasteiger partial charge in [0.05, 0.1) is 24.3 Å². The second kappa shape index (κ2) is 15.7. The van der Waals surface area contributed by atoms with Crippen LogP contribution in [0.1, 0.15) is 73.6 Å². The summed E-state index contributed by atoms with van der Waals surface area (Å²) in [6.07, 6.45) is 1.50. The highest BCUT2D eigenvalue weighted by Gasteiger charge is 2.33. The Morgan fingerprint density at radius 2 is 1.69 bits per heavy atom. The summed E-state index contributed by atoms with van der Waals surface area (Å²) in [5.74, 6) is -1.42. The lowest BCUT2D eigenvalue weighted by molar-refractivity contribution is -0.159. The molecule has 1 heterocycles. The van der Waals surface area contributed by atoms with Crippen molar-refractivity contribution >= 4 is 40.3 Å². The van der Waals surface area contributed by atoms with Gasteiger partial charge in [-0.3, -0.25) is 14.5 Å². The summed E-state index contributed by atoms with van der Waals surface area (Å²) in [5, 5.41) is 14.6. The molecule has 0 radical (unpaired) electrons. The van der Waals surface area contributed by atoms with Crippen molar-refractivity contribution in [2.45, 2.75) is 97.4 Å². The zero-order chi connectivity index (χ0) is 33.3. The predicted octanol–water partition coefficient (Wildman–Crippen LogP) is 4.07. The van der Waals surface area contributed by atoms with Gasteiger partial charge >= 0.3 is 12.1 Å². The van der Waals surface area contributed by atoms with Crippen LogP contribution in [0.3, 0.4) is 0 Å². The van der Waals surface area contributed by atoms with Gasteiger partial charge in [0.1, 0.15) is 18.3 Å². The third-order valence-corrected chi connectivity index (χ3v) is 7.12. The Labute approximate surface area is 264 Å². The van der Waals surface area contributed by atoms with E-state index < -0.39 is 41.8 Å². The molecule has 0 aliphatic carbocycles. The fraction of sp³-hybridized carbons (Fsp3) is 0.515. The summed E-state index contributed by atoms with van der Waals surface area (Å²) in [6, 6.07) is 11.5. The average Bonchev–Trinajstić information content (AvgIpc) is 3.38. The van der Waals surface area contributed by atoms with Crippen LogP contribution in [0.15, 0.2) is 54.4 Å². The lowest BCUT2D eigenvalue weighted by Gasteiger charge is -2.28. The highest BCUT2D eigenvalue weighted by molar-refractivity contribution is 5.96. The predicted molar refractivity (Wildman–Crippen MR) is 171 cm³/mol. The zero-order valence-electron chi connectivity index (χ0n) is 27.0. The Hall–Kier alpha value is -4.16. The molecule has 3 amide bonds. The molecule has 12 nitrogen and oxygen atoms in total. The summed E-state index contributed by atoms with van der Waals surface area (Å²) >= 11 is 0. The Bertz CT molecular complexity index is 1380. The third-order valence-electron chi connectivity index (χ3n) is 7.12. The van der Waals surface area contributed by atoms with E-state index >= 15 is 0 Å². The molecule has 0 saturated carbocycles. The topological polar surface area (TPSA) is 164 Å². The maximum atomic E-state index is 13.4. The fourth-order valence-electron chi connectivity index (χ4n) is 4.82. The van der Waals surface area contributed by atoms with E-state index in [1.807, 2.05) is 47.4 Å². The van der Waals surface area contributed by atoms with Crippen molar-refractivity contribution < 1.29 is 33.9 Å². The van der Waals surface area contributed by atoms with Gasteiger partial charge < -0.3 is 30.6 Å². The summed E-state index contributed by atoms with van der Waals surface area (Å²) in [6.45, 7) is 10.9. The Morgan fingerprint density at radius 3 is 2.36 bits per heavy atom. The number of nitrogens with one attached hydrogen (secondary N) is 2. The number of nitrogens with zero attached hydrogens (tertiary/aromatic N) is 2. The number of alkyl carbamates (subject to hydrolysis) is 1. The third kappa shape index (κ3) is 10.8. The normalized spacial score (nSPS) is 15.4. The van der Waals surface area contributed by atoms with E-state index in [2.05, 4.69) is 24.6 Å². The van der Waals surface area contributed by atoms with Crippen LogP contribution in [0.4, 0.5) is 10.5 Å². The second-order valence-corrected chi connectivity index (χ2v) is 12.8. The molecule has 0 bridgehead atoms. The van der Waals surface area contributed by atoms with Crippen LogP contribution < -0.4 is 21.4 Å². The smallest absolute Gasteiger partial charge is 0.408 e. The molecule has 3 atom stereocenters. The van der Waals surface area contributed by atoms with Crippen molar-refractivity contribution in [3.05, 3.63) is 54.4 Å². The van der Waals surface area contributed by atoms with Gasteiger partial charge in [-0.1, -0.05) is 50.2 Å². The zero-order valence-corrected chi connectivity index (χ0v) is 27.0. The van der Waals surface area contributed by atoms with Crippen molar-refractivity contribution in [1.82, 2.24) is 15.7 Å². The molecule has 2 aromatic carbocycles. The number of carbonyl (C=O) groups excluding carboxylic acids is 4. The number of hydroxylamine groups is 1. The SMILES string of the molecule is CC(C)CC[C@H](O)CCC(=O)ONC(=O)[C@H](CC1=CN(C(=O)[C@H](C)N)CN1c1cccc2ccccc12)NC(=O)OC(C)(C)C. The number of rotatable bonds is 12. The molecule has 0 aromatic heterocycles. The molecule has 0 spiro atoms. The van der Waals surface area contributed by atoms with Crippen molar-refractivity contribution in [3.63, 3.8) is 0 Å². The summed E-state index contributed by atoms with van der Waals surface area (Å²) < 4.78 is 5.39. The molecule has 1 aliphatic heterocycles. The minimum atomic E-state index is -1.25. The molecule has 3 rings (SSSR count). The number of anilines is 1. The molecular formula is C33H47N5O7. The number of hydrogen-bond acceptors (Lipinski definition) is 9. The van der Waals surface area contributed by atoms with Gasteiger partial charge in [0, 0.05) is 23.7 Å². The molecular weight excluding hydrogens is 578 g/mol. The van der Waals surface area contributed by atoms with Crippen molar-refractivity contribution in [3.8, 4) is 0 Å². The highest BCUT2D eigenvalue weighted by atomic mass is 16.7.